The Balaban J connectivity index is 1.79. The van der Waals surface area contributed by atoms with Gasteiger partial charge in [0.05, 0.1) is 15.9 Å². The van der Waals surface area contributed by atoms with Gasteiger partial charge in [-0.05, 0) is 43.7 Å². The minimum absolute atomic E-state index is 0.0416. The highest BCUT2D eigenvalue weighted by Gasteiger charge is 2.16. The quantitative estimate of drug-likeness (QED) is 0.728. The normalized spacial score (nSPS) is 12.0. The molecule has 0 amide bonds. The lowest BCUT2D eigenvalue weighted by molar-refractivity contribution is 0.572. The van der Waals surface area contributed by atoms with Crippen molar-refractivity contribution in [1.29, 1.82) is 0 Å². The molecule has 0 saturated heterocycles. The molecule has 6 nitrogen and oxygen atoms in total. The van der Waals surface area contributed by atoms with Crippen molar-refractivity contribution in [3.8, 4) is 0 Å². The molecule has 1 heterocycles. The van der Waals surface area contributed by atoms with Gasteiger partial charge in [0, 0.05) is 13.1 Å². The maximum Gasteiger partial charge on any atom is 0.326 e. The molecule has 0 radical (unpaired) electrons. The standard InChI is InChI=1S/C17H18FN3O3S/c1-11-3-6-16(12(2)9-11)25(23,24)19-7-8-21-15-5-4-13(18)10-14(15)20-17(21)22/h3-6,9-10,19H,7-8H2,1-2H3,(H,20,22). The molecule has 0 unspecified atom stereocenters. The van der Waals surface area contributed by atoms with Crippen LogP contribution in [0.5, 0.6) is 0 Å². The summed E-state index contributed by atoms with van der Waals surface area (Å²) in [5.41, 5.74) is 2.13. The Kier molecular flexibility index (Phi) is 4.49. The van der Waals surface area contributed by atoms with E-state index in [1.807, 2.05) is 6.92 Å². The van der Waals surface area contributed by atoms with Gasteiger partial charge in [0.25, 0.3) is 0 Å². The second-order valence-electron chi connectivity index (χ2n) is 5.91. The lowest BCUT2D eigenvalue weighted by Crippen LogP contribution is -2.30. The van der Waals surface area contributed by atoms with Crippen LogP contribution in [0.4, 0.5) is 4.39 Å². The third kappa shape index (κ3) is 3.49. The van der Waals surface area contributed by atoms with E-state index >= 15 is 0 Å². The van der Waals surface area contributed by atoms with Crippen molar-refractivity contribution in [3.63, 3.8) is 0 Å². The molecule has 3 rings (SSSR count). The average Bonchev–Trinajstić information content (AvgIpc) is 2.81. The van der Waals surface area contributed by atoms with E-state index in [0.717, 1.165) is 5.56 Å². The average molecular weight is 363 g/mol. The summed E-state index contributed by atoms with van der Waals surface area (Å²) in [4.78, 5) is 14.7. The van der Waals surface area contributed by atoms with E-state index in [0.29, 0.717) is 16.6 Å². The molecule has 25 heavy (non-hydrogen) atoms. The number of rotatable bonds is 5. The number of aryl methyl sites for hydroxylation is 2. The van der Waals surface area contributed by atoms with E-state index in [1.54, 1.807) is 25.1 Å². The number of hydrogen-bond donors (Lipinski definition) is 2. The highest BCUT2D eigenvalue weighted by Crippen LogP contribution is 2.16. The van der Waals surface area contributed by atoms with Gasteiger partial charge in [-0.3, -0.25) is 4.57 Å². The Morgan fingerprint density at radius 3 is 2.64 bits per heavy atom. The predicted octanol–water partition coefficient (Wildman–Crippen LogP) is 2.06. The van der Waals surface area contributed by atoms with Crippen LogP contribution in [0.3, 0.4) is 0 Å². The van der Waals surface area contributed by atoms with Gasteiger partial charge in [-0.2, -0.15) is 0 Å². The summed E-state index contributed by atoms with van der Waals surface area (Å²) in [7, 11) is -3.67. The highest BCUT2D eigenvalue weighted by molar-refractivity contribution is 7.89. The van der Waals surface area contributed by atoms with Crippen molar-refractivity contribution in [1.82, 2.24) is 14.3 Å². The van der Waals surface area contributed by atoms with E-state index in [1.165, 1.54) is 22.8 Å². The monoisotopic (exact) mass is 363 g/mol. The number of fused-ring (bicyclic) bond motifs is 1. The lowest BCUT2D eigenvalue weighted by Gasteiger charge is -2.10. The van der Waals surface area contributed by atoms with Crippen LogP contribution >= 0.6 is 0 Å². The maximum atomic E-state index is 13.2. The van der Waals surface area contributed by atoms with Gasteiger partial charge in [-0.15, -0.1) is 0 Å². The van der Waals surface area contributed by atoms with Crippen LogP contribution in [0.25, 0.3) is 11.0 Å². The number of aromatic amines is 1. The second-order valence-corrected chi connectivity index (χ2v) is 7.65. The van der Waals surface area contributed by atoms with E-state index in [4.69, 9.17) is 0 Å². The van der Waals surface area contributed by atoms with Crippen molar-refractivity contribution in [3.05, 3.63) is 63.8 Å². The van der Waals surface area contributed by atoms with Crippen LogP contribution in [0.15, 0.2) is 46.1 Å². The molecular weight excluding hydrogens is 345 g/mol. The molecule has 2 N–H and O–H groups in total. The van der Waals surface area contributed by atoms with Gasteiger partial charge in [-0.25, -0.2) is 22.3 Å². The first kappa shape index (κ1) is 17.4. The highest BCUT2D eigenvalue weighted by atomic mass is 32.2. The number of aromatic nitrogens is 2. The molecule has 0 atom stereocenters. The molecule has 0 aliphatic carbocycles. The van der Waals surface area contributed by atoms with Gasteiger partial charge in [-0.1, -0.05) is 17.7 Å². The zero-order valence-corrected chi connectivity index (χ0v) is 14.7. The van der Waals surface area contributed by atoms with Crippen LogP contribution in [0.1, 0.15) is 11.1 Å². The first-order valence-electron chi connectivity index (χ1n) is 7.73. The Hall–Kier alpha value is -2.45. The minimum Gasteiger partial charge on any atom is -0.305 e. The number of nitrogens with one attached hydrogen (secondary N) is 2. The van der Waals surface area contributed by atoms with Crippen molar-refractivity contribution in [2.45, 2.75) is 25.3 Å². The third-order valence-electron chi connectivity index (χ3n) is 3.98. The topological polar surface area (TPSA) is 84.0 Å². The third-order valence-corrected chi connectivity index (χ3v) is 5.60. The largest absolute Gasteiger partial charge is 0.326 e. The summed E-state index contributed by atoms with van der Waals surface area (Å²) >= 11 is 0. The van der Waals surface area contributed by atoms with Crippen LogP contribution < -0.4 is 10.4 Å². The first-order valence-corrected chi connectivity index (χ1v) is 9.21. The van der Waals surface area contributed by atoms with Crippen LogP contribution in [-0.2, 0) is 16.6 Å². The van der Waals surface area contributed by atoms with E-state index in [-0.39, 0.29) is 18.0 Å². The molecule has 0 aliphatic rings. The van der Waals surface area contributed by atoms with Crippen LogP contribution in [-0.4, -0.2) is 24.5 Å². The van der Waals surface area contributed by atoms with Gasteiger partial charge in [0.1, 0.15) is 5.82 Å². The number of benzene rings is 2. The van der Waals surface area contributed by atoms with Gasteiger partial charge >= 0.3 is 5.69 Å². The molecule has 0 fully saturated rings. The van der Waals surface area contributed by atoms with Gasteiger partial charge in [0.15, 0.2) is 0 Å². The number of hydrogen-bond acceptors (Lipinski definition) is 3. The van der Waals surface area contributed by atoms with Crippen molar-refractivity contribution >= 4 is 21.1 Å². The number of nitrogens with zero attached hydrogens (tertiary/aromatic N) is 1. The van der Waals surface area contributed by atoms with Gasteiger partial charge in [0.2, 0.25) is 10.0 Å². The summed E-state index contributed by atoms with van der Waals surface area (Å²) < 4.78 is 42.0. The Morgan fingerprint density at radius 1 is 1.16 bits per heavy atom. The molecule has 0 aliphatic heterocycles. The van der Waals surface area contributed by atoms with Crippen molar-refractivity contribution < 1.29 is 12.8 Å². The summed E-state index contributed by atoms with van der Waals surface area (Å²) in [5.74, 6) is -0.448. The summed E-state index contributed by atoms with van der Waals surface area (Å²) in [6, 6.07) is 9.07. The van der Waals surface area contributed by atoms with E-state index in [9.17, 15) is 17.6 Å². The van der Waals surface area contributed by atoms with Gasteiger partial charge < -0.3 is 4.98 Å². The van der Waals surface area contributed by atoms with E-state index in [2.05, 4.69) is 9.71 Å². The summed E-state index contributed by atoms with van der Waals surface area (Å²) in [6.07, 6.45) is 0. The fraction of sp³-hybridized carbons (Fsp3) is 0.235. The maximum absolute atomic E-state index is 13.2. The lowest BCUT2D eigenvalue weighted by atomic mass is 10.2. The first-order chi connectivity index (χ1) is 11.8. The Labute approximate surface area is 144 Å². The Morgan fingerprint density at radius 2 is 1.92 bits per heavy atom. The SMILES string of the molecule is Cc1ccc(S(=O)(=O)NCCn2c(=O)[nH]c3cc(F)ccc32)c(C)c1. The number of sulfonamides is 1. The molecular formula is C17H18FN3O3S. The van der Waals surface area contributed by atoms with E-state index < -0.39 is 21.5 Å². The zero-order chi connectivity index (χ0) is 18.2. The molecule has 0 spiro atoms. The zero-order valence-electron chi connectivity index (χ0n) is 13.8. The molecule has 132 valence electrons. The fourth-order valence-electron chi connectivity index (χ4n) is 2.83. The smallest absolute Gasteiger partial charge is 0.305 e. The number of imidazole rings is 1. The number of H-pyrrole nitrogens is 1. The molecule has 2 aromatic carbocycles. The Bertz CT molecular complexity index is 1100. The van der Waals surface area contributed by atoms with Crippen LogP contribution in [0.2, 0.25) is 0 Å². The molecule has 1 aromatic heterocycles. The molecule has 8 heteroatoms. The minimum atomic E-state index is -3.67. The summed E-state index contributed by atoms with van der Waals surface area (Å²) in [5, 5.41) is 0. The summed E-state index contributed by atoms with van der Waals surface area (Å²) in [6.45, 7) is 3.80. The van der Waals surface area contributed by atoms with Crippen molar-refractivity contribution in [2.75, 3.05) is 6.54 Å². The predicted molar refractivity (Wildman–Crippen MR) is 93.6 cm³/mol. The van der Waals surface area contributed by atoms with Crippen molar-refractivity contribution in [2.24, 2.45) is 0 Å². The molecule has 0 saturated carbocycles. The second kappa shape index (κ2) is 6.45. The molecule has 3 aromatic rings. The van der Waals surface area contributed by atoms with Crippen LogP contribution in [0, 0.1) is 19.7 Å². The fourth-order valence-corrected chi connectivity index (χ4v) is 4.07. The number of halogens is 1. The molecule has 0 bridgehead atoms.